The van der Waals surface area contributed by atoms with Gasteiger partial charge in [-0.3, -0.25) is 4.57 Å². The molecule has 4 rings (SSSR count). The van der Waals surface area contributed by atoms with E-state index in [2.05, 4.69) is 9.82 Å². The normalized spacial score (nSPS) is 14.6. The van der Waals surface area contributed by atoms with E-state index < -0.39 is 15.8 Å². The highest BCUT2D eigenvalue weighted by atomic mass is 32.2. The molecule has 1 saturated carbocycles. The Balaban J connectivity index is 1.51. The van der Waals surface area contributed by atoms with Gasteiger partial charge in [-0.05, 0) is 48.6 Å². The summed E-state index contributed by atoms with van der Waals surface area (Å²) in [6.07, 6.45) is 1.89. The molecule has 2 heterocycles. The molecule has 0 radical (unpaired) electrons. The van der Waals surface area contributed by atoms with Crippen LogP contribution in [0.15, 0.2) is 51.5 Å². The second-order valence-corrected chi connectivity index (χ2v) is 8.97. The van der Waals surface area contributed by atoms with Crippen molar-refractivity contribution < 1.29 is 12.8 Å². The van der Waals surface area contributed by atoms with Gasteiger partial charge in [-0.2, -0.15) is 0 Å². The van der Waals surface area contributed by atoms with Crippen LogP contribution < -0.4 is 10.4 Å². The molecule has 0 unspecified atom stereocenters. The van der Waals surface area contributed by atoms with Crippen molar-refractivity contribution in [2.24, 2.45) is 0 Å². The molecule has 1 aliphatic carbocycles. The van der Waals surface area contributed by atoms with Crippen LogP contribution in [0.4, 0.5) is 4.39 Å². The van der Waals surface area contributed by atoms with Gasteiger partial charge in [0.05, 0.1) is 16.3 Å². The van der Waals surface area contributed by atoms with Gasteiger partial charge < -0.3 is 0 Å². The number of hydrogen-bond donors (Lipinski definition) is 1. The summed E-state index contributed by atoms with van der Waals surface area (Å²) in [5, 5.41) is 6.33. The molecule has 27 heavy (non-hydrogen) atoms. The zero-order valence-electron chi connectivity index (χ0n) is 14.2. The van der Waals surface area contributed by atoms with E-state index in [1.54, 1.807) is 4.57 Å². The third-order valence-electron chi connectivity index (χ3n) is 4.26. The Morgan fingerprint density at radius 3 is 2.59 bits per heavy atom. The van der Waals surface area contributed by atoms with Crippen LogP contribution >= 0.6 is 11.3 Å². The monoisotopic (exact) mass is 408 g/mol. The van der Waals surface area contributed by atoms with Gasteiger partial charge in [-0.1, -0.05) is 6.07 Å². The number of thiophene rings is 1. The summed E-state index contributed by atoms with van der Waals surface area (Å²) in [4.78, 5) is 13.6. The third-order valence-corrected chi connectivity index (χ3v) is 6.61. The second kappa shape index (κ2) is 7.02. The predicted molar refractivity (Wildman–Crippen MR) is 99.7 cm³/mol. The molecule has 142 valence electrons. The van der Waals surface area contributed by atoms with Crippen molar-refractivity contribution in [2.45, 2.75) is 30.3 Å². The number of sulfonamides is 1. The standard InChI is InChI=1S/C17H17FN4O3S2/c18-12-3-7-14(8-4-12)27(24,25)19-9-10-21-17(23)22(13-5-6-13)16(20-21)15-2-1-11-26-15/h1-4,7-8,11,13,19H,5-6,9-10H2. The van der Waals surface area contributed by atoms with E-state index in [4.69, 9.17) is 0 Å². The van der Waals surface area contributed by atoms with Crippen molar-refractivity contribution in [1.82, 2.24) is 19.1 Å². The van der Waals surface area contributed by atoms with Gasteiger partial charge in [0, 0.05) is 12.6 Å². The van der Waals surface area contributed by atoms with Gasteiger partial charge in [0.15, 0.2) is 5.82 Å². The number of halogens is 1. The Morgan fingerprint density at radius 1 is 1.22 bits per heavy atom. The molecule has 1 N–H and O–H groups in total. The minimum absolute atomic E-state index is 0.00514. The average molecular weight is 408 g/mol. The molecule has 7 nitrogen and oxygen atoms in total. The van der Waals surface area contributed by atoms with Crippen molar-refractivity contribution in [3.8, 4) is 10.7 Å². The molecule has 0 saturated heterocycles. The lowest BCUT2D eigenvalue weighted by Crippen LogP contribution is -2.32. The van der Waals surface area contributed by atoms with Gasteiger partial charge in [0.1, 0.15) is 5.82 Å². The number of aromatic nitrogens is 3. The molecular formula is C17H17FN4O3S2. The molecule has 1 aliphatic rings. The number of rotatable bonds is 7. The highest BCUT2D eigenvalue weighted by molar-refractivity contribution is 7.89. The molecule has 3 aromatic rings. The van der Waals surface area contributed by atoms with Crippen LogP contribution in [-0.2, 0) is 16.6 Å². The molecule has 2 aromatic heterocycles. The number of hydrogen-bond acceptors (Lipinski definition) is 5. The Kier molecular flexibility index (Phi) is 4.70. The summed E-state index contributed by atoms with van der Waals surface area (Å²) < 4.78 is 42.9. The Bertz CT molecular complexity index is 1100. The molecule has 0 atom stereocenters. The Morgan fingerprint density at radius 2 is 1.96 bits per heavy atom. The van der Waals surface area contributed by atoms with Gasteiger partial charge >= 0.3 is 5.69 Å². The first-order valence-corrected chi connectivity index (χ1v) is 10.8. The first-order valence-electron chi connectivity index (χ1n) is 8.44. The average Bonchev–Trinajstić information content (AvgIpc) is 3.21. The third kappa shape index (κ3) is 3.73. The summed E-state index contributed by atoms with van der Waals surface area (Å²) in [5.41, 5.74) is -0.234. The summed E-state index contributed by atoms with van der Waals surface area (Å²) >= 11 is 1.51. The van der Waals surface area contributed by atoms with Crippen molar-refractivity contribution in [2.75, 3.05) is 6.54 Å². The molecule has 0 amide bonds. The molecule has 1 aromatic carbocycles. The lowest BCUT2D eigenvalue weighted by Gasteiger charge is -2.06. The number of nitrogens with zero attached hydrogens (tertiary/aromatic N) is 3. The summed E-state index contributed by atoms with van der Waals surface area (Å²) in [6.45, 7) is 0.114. The summed E-state index contributed by atoms with van der Waals surface area (Å²) in [7, 11) is -3.78. The minimum Gasteiger partial charge on any atom is -0.271 e. The maximum absolute atomic E-state index is 13.0. The first kappa shape index (κ1) is 18.1. The van der Waals surface area contributed by atoms with E-state index in [1.165, 1.54) is 28.2 Å². The lowest BCUT2D eigenvalue weighted by molar-refractivity contribution is 0.546. The van der Waals surface area contributed by atoms with E-state index in [-0.39, 0.29) is 29.7 Å². The maximum atomic E-state index is 13.0. The number of nitrogens with one attached hydrogen (secondary N) is 1. The first-order chi connectivity index (χ1) is 13.0. The second-order valence-electron chi connectivity index (χ2n) is 6.26. The van der Waals surface area contributed by atoms with Crippen LogP contribution in [-0.4, -0.2) is 29.3 Å². The largest absolute Gasteiger partial charge is 0.346 e. The van der Waals surface area contributed by atoms with E-state index in [0.29, 0.717) is 5.82 Å². The predicted octanol–water partition coefficient (Wildman–Crippen LogP) is 2.23. The zero-order chi connectivity index (χ0) is 19.0. The fraction of sp³-hybridized carbons (Fsp3) is 0.294. The zero-order valence-corrected chi connectivity index (χ0v) is 15.8. The minimum atomic E-state index is -3.78. The fourth-order valence-electron chi connectivity index (χ4n) is 2.78. The van der Waals surface area contributed by atoms with E-state index in [1.807, 2.05) is 17.5 Å². The fourth-order valence-corrected chi connectivity index (χ4v) is 4.51. The lowest BCUT2D eigenvalue weighted by atomic mass is 10.4. The Labute approximate surface area is 159 Å². The van der Waals surface area contributed by atoms with Crippen molar-refractivity contribution in [3.63, 3.8) is 0 Å². The molecule has 0 spiro atoms. The molecular weight excluding hydrogens is 391 g/mol. The van der Waals surface area contributed by atoms with Crippen LogP contribution in [0.5, 0.6) is 0 Å². The quantitative estimate of drug-likeness (QED) is 0.650. The highest BCUT2D eigenvalue weighted by Crippen LogP contribution is 2.37. The summed E-state index contributed by atoms with van der Waals surface area (Å²) in [6, 6.07) is 8.54. The van der Waals surface area contributed by atoms with Gasteiger partial charge in [-0.25, -0.2) is 27.0 Å². The molecule has 0 bridgehead atoms. The smallest absolute Gasteiger partial charge is 0.271 e. The van der Waals surface area contributed by atoms with Gasteiger partial charge in [0.2, 0.25) is 10.0 Å². The number of benzene rings is 1. The van der Waals surface area contributed by atoms with Gasteiger partial charge in [0.25, 0.3) is 0 Å². The van der Waals surface area contributed by atoms with Crippen LogP contribution in [0.1, 0.15) is 18.9 Å². The van der Waals surface area contributed by atoms with Crippen LogP contribution in [0, 0.1) is 5.82 Å². The molecule has 0 aliphatic heterocycles. The van der Waals surface area contributed by atoms with E-state index >= 15 is 0 Å². The molecule has 10 heteroatoms. The Hall–Kier alpha value is -2.30. The topological polar surface area (TPSA) is 86.0 Å². The van der Waals surface area contributed by atoms with Crippen molar-refractivity contribution in [1.29, 1.82) is 0 Å². The highest BCUT2D eigenvalue weighted by Gasteiger charge is 2.30. The SMILES string of the molecule is O=c1n(CCNS(=O)(=O)c2ccc(F)cc2)nc(-c2cccs2)n1C1CC1. The van der Waals surface area contributed by atoms with E-state index in [9.17, 15) is 17.6 Å². The van der Waals surface area contributed by atoms with Crippen molar-refractivity contribution in [3.05, 3.63) is 58.1 Å². The molecule has 1 fully saturated rings. The van der Waals surface area contributed by atoms with Crippen LogP contribution in [0.2, 0.25) is 0 Å². The van der Waals surface area contributed by atoms with Crippen LogP contribution in [0.25, 0.3) is 10.7 Å². The van der Waals surface area contributed by atoms with Crippen LogP contribution in [0.3, 0.4) is 0 Å². The summed E-state index contributed by atoms with van der Waals surface area (Å²) in [5.74, 6) is 0.117. The van der Waals surface area contributed by atoms with E-state index in [0.717, 1.165) is 29.9 Å². The van der Waals surface area contributed by atoms with Crippen molar-refractivity contribution >= 4 is 21.4 Å². The van der Waals surface area contributed by atoms with Gasteiger partial charge in [-0.15, -0.1) is 16.4 Å². The maximum Gasteiger partial charge on any atom is 0.346 e.